The summed E-state index contributed by atoms with van der Waals surface area (Å²) in [5.41, 5.74) is 5.07. The first-order valence-electron chi connectivity index (χ1n) is 12.8. The van der Waals surface area contributed by atoms with Crippen LogP contribution in [-0.2, 0) is 14.4 Å². The predicted octanol–water partition coefficient (Wildman–Crippen LogP) is 4.93. The highest BCUT2D eigenvalue weighted by Gasteiger charge is 2.27. The molecule has 6 nitrogen and oxygen atoms in total. The normalized spacial score (nSPS) is 14.7. The summed E-state index contributed by atoms with van der Waals surface area (Å²) < 4.78 is 0. The highest BCUT2D eigenvalue weighted by molar-refractivity contribution is 5.89. The summed E-state index contributed by atoms with van der Waals surface area (Å²) in [6.45, 7) is 19.3. The molecule has 0 rings (SSSR count). The summed E-state index contributed by atoms with van der Waals surface area (Å²) in [4.78, 5) is 36.9. The van der Waals surface area contributed by atoms with Gasteiger partial charge in [0.2, 0.25) is 5.91 Å². The second-order valence-corrected chi connectivity index (χ2v) is 12.7. The van der Waals surface area contributed by atoms with Gasteiger partial charge in [-0.2, -0.15) is 0 Å². The molecule has 0 heterocycles. The SMILES string of the molecule is CC(C)(C)NCCCCC(NC(C)(C)C)C(=O)CCCCCC(CC(=O)C(C)(C)C)C(N)=O. The van der Waals surface area contributed by atoms with Gasteiger partial charge in [-0.3, -0.25) is 14.4 Å². The average Bonchev–Trinajstić information content (AvgIpc) is 2.62. The third kappa shape index (κ3) is 16.9. The largest absolute Gasteiger partial charge is 0.369 e. The van der Waals surface area contributed by atoms with Crippen molar-refractivity contribution in [2.75, 3.05) is 6.54 Å². The summed E-state index contributed by atoms with van der Waals surface area (Å²) in [5.74, 6) is -0.484. The zero-order valence-corrected chi connectivity index (χ0v) is 23.0. The molecule has 1 amide bonds. The highest BCUT2D eigenvalue weighted by Crippen LogP contribution is 2.23. The minimum absolute atomic E-state index is 0.0651. The van der Waals surface area contributed by atoms with Crippen LogP contribution in [-0.4, -0.2) is 41.1 Å². The minimum Gasteiger partial charge on any atom is -0.369 e. The first-order valence-corrected chi connectivity index (χ1v) is 12.8. The Morgan fingerprint density at radius 2 is 1.33 bits per heavy atom. The van der Waals surface area contributed by atoms with Crippen LogP contribution in [0.15, 0.2) is 0 Å². The monoisotopic (exact) mass is 467 g/mol. The summed E-state index contributed by atoms with van der Waals surface area (Å²) in [6.07, 6.45) is 6.71. The third-order valence-electron chi connectivity index (χ3n) is 5.72. The standard InChI is InChI=1S/C27H53N3O3/c1-25(2,3)23(32)19-20(24(28)33)15-11-10-12-17-22(31)21(30-27(7,8)9)16-13-14-18-29-26(4,5)6/h20-21,29-30H,10-19H2,1-9H3,(H2,28,33). The van der Waals surface area contributed by atoms with Gasteiger partial charge in [0.25, 0.3) is 0 Å². The number of hydrogen-bond acceptors (Lipinski definition) is 5. The number of carbonyl (C=O) groups excluding carboxylic acids is 3. The second kappa shape index (κ2) is 14.2. The number of rotatable bonds is 16. The van der Waals surface area contributed by atoms with Gasteiger partial charge in [0.1, 0.15) is 11.6 Å². The van der Waals surface area contributed by atoms with Crippen LogP contribution in [0.25, 0.3) is 0 Å². The summed E-state index contributed by atoms with van der Waals surface area (Å²) in [6, 6.07) is -0.123. The number of primary amides is 1. The molecule has 0 radical (unpaired) electrons. The fraction of sp³-hybridized carbons (Fsp3) is 0.889. The lowest BCUT2D eigenvalue weighted by atomic mass is 9.83. The van der Waals surface area contributed by atoms with Crippen LogP contribution in [0.1, 0.15) is 120 Å². The highest BCUT2D eigenvalue weighted by atomic mass is 16.1. The van der Waals surface area contributed by atoms with E-state index in [4.69, 9.17) is 5.73 Å². The molecule has 0 aliphatic carbocycles. The van der Waals surface area contributed by atoms with Crippen LogP contribution in [0.4, 0.5) is 0 Å². The minimum atomic E-state index is -0.460. The molecular weight excluding hydrogens is 414 g/mol. The second-order valence-electron chi connectivity index (χ2n) is 12.7. The Balaban J connectivity index is 4.50. The number of unbranched alkanes of at least 4 members (excludes halogenated alkanes) is 3. The maximum Gasteiger partial charge on any atom is 0.220 e. The Hall–Kier alpha value is -1.27. The lowest BCUT2D eigenvalue weighted by molar-refractivity contribution is -0.131. The number of Topliss-reactive ketones (excluding diaryl/α,β-unsaturated/α-hetero) is 2. The van der Waals surface area contributed by atoms with Crippen molar-refractivity contribution in [2.45, 2.75) is 137 Å². The fourth-order valence-corrected chi connectivity index (χ4v) is 3.69. The molecular formula is C27H53N3O3. The molecule has 33 heavy (non-hydrogen) atoms. The maximum atomic E-state index is 12.9. The molecule has 0 aromatic heterocycles. The molecule has 4 N–H and O–H groups in total. The quantitative estimate of drug-likeness (QED) is 0.279. The van der Waals surface area contributed by atoms with Crippen molar-refractivity contribution in [3.05, 3.63) is 0 Å². The van der Waals surface area contributed by atoms with Crippen molar-refractivity contribution in [2.24, 2.45) is 17.1 Å². The van der Waals surface area contributed by atoms with E-state index in [1.165, 1.54) is 0 Å². The smallest absolute Gasteiger partial charge is 0.220 e. The number of hydrogen-bond donors (Lipinski definition) is 3. The number of ketones is 2. The molecule has 0 aliphatic rings. The van der Waals surface area contributed by atoms with E-state index < -0.39 is 17.2 Å². The van der Waals surface area contributed by atoms with Gasteiger partial charge in [-0.25, -0.2) is 0 Å². The molecule has 0 aromatic carbocycles. The van der Waals surface area contributed by atoms with Gasteiger partial charge in [-0.15, -0.1) is 0 Å². The van der Waals surface area contributed by atoms with E-state index in [0.29, 0.717) is 12.8 Å². The molecule has 0 aromatic rings. The zero-order chi connectivity index (χ0) is 25.9. The van der Waals surface area contributed by atoms with Crippen molar-refractivity contribution in [1.82, 2.24) is 10.6 Å². The van der Waals surface area contributed by atoms with E-state index in [2.05, 4.69) is 52.2 Å². The van der Waals surface area contributed by atoms with Gasteiger partial charge in [0, 0.05) is 35.3 Å². The Bertz CT molecular complexity index is 610. The van der Waals surface area contributed by atoms with Crippen molar-refractivity contribution in [3.8, 4) is 0 Å². The lowest BCUT2D eigenvalue weighted by Crippen LogP contribution is -2.47. The molecule has 2 atom stereocenters. The van der Waals surface area contributed by atoms with E-state index in [1.807, 2.05) is 20.8 Å². The van der Waals surface area contributed by atoms with Crippen LogP contribution < -0.4 is 16.4 Å². The average molecular weight is 468 g/mol. The van der Waals surface area contributed by atoms with Gasteiger partial charge in [-0.1, -0.05) is 40.0 Å². The molecule has 0 saturated carbocycles. The number of nitrogens with one attached hydrogen (secondary N) is 2. The van der Waals surface area contributed by atoms with E-state index in [1.54, 1.807) is 0 Å². The Morgan fingerprint density at radius 3 is 1.82 bits per heavy atom. The Labute approximate surface area is 203 Å². The zero-order valence-electron chi connectivity index (χ0n) is 23.0. The molecule has 2 unspecified atom stereocenters. The van der Waals surface area contributed by atoms with Gasteiger partial charge >= 0.3 is 0 Å². The van der Waals surface area contributed by atoms with Crippen LogP contribution in [0, 0.1) is 11.3 Å². The van der Waals surface area contributed by atoms with Crippen LogP contribution in [0.3, 0.4) is 0 Å². The first kappa shape index (κ1) is 31.7. The summed E-state index contributed by atoms with van der Waals surface area (Å²) in [5, 5.41) is 7.00. The molecule has 0 spiro atoms. The van der Waals surface area contributed by atoms with Gasteiger partial charge < -0.3 is 16.4 Å². The maximum absolute atomic E-state index is 12.9. The number of amides is 1. The van der Waals surface area contributed by atoms with Crippen molar-refractivity contribution in [1.29, 1.82) is 0 Å². The Morgan fingerprint density at radius 1 is 0.758 bits per heavy atom. The topological polar surface area (TPSA) is 101 Å². The molecule has 194 valence electrons. The van der Waals surface area contributed by atoms with E-state index in [-0.39, 0.29) is 35.1 Å². The molecule has 0 saturated heterocycles. The van der Waals surface area contributed by atoms with Crippen LogP contribution >= 0.6 is 0 Å². The summed E-state index contributed by atoms with van der Waals surface area (Å²) >= 11 is 0. The van der Waals surface area contributed by atoms with Crippen molar-refractivity contribution in [3.63, 3.8) is 0 Å². The molecule has 0 aliphatic heterocycles. The number of nitrogens with two attached hydrogens (primary N) is 1. The molecule has 6 heteroatoms. The van der Waals surface area contributed by atoms with E-state index in [9.17, 15) is 14.4 Å². The van der Waals surface area contributed by atoms with Crippen LogP contribution in [0.2, 0.25) is 0 Å². The molecule has 0 fully saturated rings. The number of carbonyl (C=O) groups is 3. The molecule has 0 bridgehead atoms. The van der Waals surface area contributed by atoms with Gasteiger partial charge in [-0.05, 0) is 73.8 Å². The van der Waals surface area contributed by atoms with E-state index in [0.717, 1.165) is 45.1 Å². The Kier molecular flexibility index (Phi) is 13.7. The van der Waals surface area contributed by atoms with E-state index >= 15 is 0 Å². The van der Waals surface area contributed by atoms with Gasteiger partial charge in [0.15, 0.2) is 0 Å². The van der Waals surface area contributed by atoms with Crippen molar-refractivity contribution >= 4 is 17.5 Å². The first-order chi connectivity index (χ1) is 14.9. The van der Waals surface area contributed by atoms with Crippen LogP contribution in [0.5, 0.6) is 0 Å². The van der Waals surface area contributed by atoms with Crippen molar-refractivity contribution < 1.29 is 14.4 Å². The lowest BCUT2D eigenvalue weighted by Gasteiger charge is -2.28. The predicted molar refractivity (Wildman–Crippen MR) is 138 cm³/mol. The van der Waals surface area contributed by atoms with Gasteiger partial charge in [0.05, 0.1) is 6.04 Å². The summed E-state index contributed by atoms with van der Waals surface area (Å²) in [7, 11) is 0. The third-order valence-corrected chi connectivity index (χ3v) is 5.72. The fourth-order valence-electron chi connectivity index (χ4n) is 3.69.